The number of fused-ring (bicyclic) bond motifs is 1. The molecule has 0 atom stereocenters. The lowest BCUT2D eigenvalue weighted by Gasteiger charge is -1.91. The van der Waals surface area contributed by atoms with Gasteiger partial charge in [-0.25, -0.2) is 0 Å². The van der Waals surface area contributed by atoms with Gasteiger partial charge in [0.05, 0.1) is 0 Å². The molecule has 2 aromatic rings. The molecule has 0 saturated carbocycles. The first-order valence-corrected chi connectivity index (χ1v) is 4.39. The van der Waals surface area contributed by atoms with Gasteiger partial charge in [-0.15, -0.1) is 0 Å². The number of carbonyl (C=O) groups is 1. The fourth-order valence-electron chi connectivity index (χ4n) is 1.45. The van der Waals surface area contributed by atoms with Crippen LogP contribution < -0.4 is 0 Å². The maximum Gasteiger partial charge on any atom is 0.124 e. The zero-order valence-electron chi connectivity index (χ0n) is 6.88. The van der Waals surface area contributed by atoms with Gasteiger partial charge in [-0.3, -0.25) is 0 Å². The number of hydrogen-bond donors (Lipinski definition) is 1. The molecule has 0 aliphatic heterocycles. The van der Waals surface area contributed by atoms with Crippen LogP contribution in [0.15, 0.2) is 24.3 Å². The van der Waals surface area contributed by atoms with Crippen LogP contribution in [0.4, 0.5) is 0 Å². The number of H-pyrrole nitrogens is 1. The largest absolute Gasteiger partial charge is 0.345 e. The zero-order valence-corrected chi connectivity index (χ0v) is 7.64. The quantitative estimate of drug-likeness (QED) is 0.731. The van der Waals surface area contributed by atoms with Gasteiger partial charge in [-0.1, -0.05) is 29.8 Å². The molecule has 0 radical (unpaired) electrons. The van der Waals surface area contributed by atoms with E-state index in [-0.39, 0.29) is 0 Å². The van der Waals surface area contributed by atoms with Crippen LogP contribution >= 0.6 is 11.6 Å². The van der Waals surface area contributed by atoms with E-state index >= 15 is 0 Å². The molecule has 1 aromatic carbocycles. The number of halogens is 1. The number of hydrogen-bond acceptors (Lipinski definition) is 1. The van der Waals surface area contributed by atoms with Crippen molar-refractivity contribution in [2.24, 2.45) is 0 Å². The Morgan fingerprint density at radius 1 is 1.38 bits per heavy atom. The number of benzene rings is 1. The number of aromatic amines is 1. The van der Waals surface area contributed by atoms with E-state index in [4.69, 9.17) is 11.6 Å². The Morgan fingerprint density at radius 2 is 2.15 bits per heavy atom. The Labute approximate surface area is 80.5 Å². The summed E-state index contributed by atoms with van der Waals surface area (Å²) in [5.74, 6) is 0. The van der Waals surface area contributed by atoms with Gasteiger partial charge in [0, 0.05) is 22.9 Å². The van der Waals surface area contributed by atoms with Crippen molar-refractivity contribution < 1.29 is 4.79 Å². The molecule has 0 bridgehead atoms. The van der Waals surface area contributed by atoms with Crippen LogP contribution in [-0.2, 0) is 11.2 Å². The van der Waals surface area contributed by atoms with Crippen LogP contribution in [0.5, 0.6) is 0 Å². The van der Waals surface area contributed by atoms with E-state index in [1.807, 2.05) is 24.3 Å². The summed E-state index contributed by atoms with van der Waals surface area (Å²) < 4.78 is 0. The molecule has 0 aliphatic carbocycles. The van der Waals surface area contributed by atoms with Gasteiger partial charge < -0.3 is 9.78 Å². The first kappa shape index (κ1) is 8.32. The van der Waals surface area contributed by atoms with Crippen molar-refractivity contribution in [3.05, 3.63) is 35.0 Å². The number of aldehydes is 1. The Hall–Kier alpha value is -1.28. The minimum Gasteiger partial charge on any atom is -0.345 e. The van der Waals surface area contributed by atoms with E-state index in [9.17, 15) is 4.79 Å². The molecule has 3 heteroatoms. The fraction of sp³-hybridized carbons (Fsp3) is 0.100. The highest BCUT2D eigenvalue weighted by atomic mass is 35.5. The van der Waals surface area contributed by atoms with Gasteiger partial charge in [0.15, 0.2) is 0 Å². The minimum atomic E-state index is 0.364. The maximum atomic E-state index is 10.4. The third-order valence-corrected chi connectivity index (χ3v) is 2.37. The van der Waals surface area contributed by atoms with E-state index < -0.39 is 0 Å². The summed E-state index contributed by atoms with van der Waals surface area (Å²) in [6, 6.07) is 7.76. The lowest BCUT2D eigenvalue weighted by molar-refractivity contribution is -0.107. The van der Waals surface area contributed by atoms with E-state index in [1.54, 1.807) is 0 Å². The van der Waals surface area contributed by atoms with Crippen molar-refractivity contribution in [1.29, 1.82) is 0 Å². The monoisotopic (exact) mass is 193 g/mol. The molecule has 1 N–H and O–H groups in total. The number of rotatable bonds is 2. The van der Waals surface area contributed by atoms with E-state index in [2.05, 4.69) is 4.98 Å². The van der Waals surface area contributed by atoms with Crippen molar-refractivity contribution in [1.82, 2.24) is 4.98 Å². The second-order valence-corrected chi connectivity index (χ2v) is 3.21. The van der Waals surface area contributed by atoms with Crippen LogP contribution in [0.2, 0.25) is 5.15 Å². The molecule has 0 fully saturated rings. The fourth-order valence-corrected chi connectivity index (χ4v) is 1.73. The third-order valence-electron chi connectivity index (χ3n) is 2.05. The Morgan fingerprint density at radius 3 is 2.92 bits per heavy atom. The topological polar surface area (TPSA) is 32.9 Å². The highest BCUT2D eigenvalue weighted by Gasteiger charge is 2.07. The predicted molar refractivity (Wildman–Crippen MR) is 53.1 cm³/mol. The first-order valence-electron chi connectivity index (χ1n) is 4.01. The molecule has 66 valence electrons. The smallest absolute Gasteiger partial charge is 0.124 e. The summed E-state index contributed by atoms with van der Waals surface area (Å²) in [5.41, 5.74) is 1.86. The lowest BCUT2D eigenvalue weighted by atomic mass is 10.1. The SMILES string of the molecule is O=CCc1c(Cl)[nH]c2ccccc12. The van der Waals surface area contributed by atoms with Crippen molar-refractivity contribution in [2.45, 2.75) is 6.42 Å². The summed E-state index contributed by atoms with van der Waals surface area (Å²) in [7, 11) is 0. The van der Waals surface area contributed by atoms with Crippen LogP contribution in [0, 0.1) is 0 Å². The van der Waals surface area contributed by atoms with E-state index in [1.165, 1.54) is 0 Å². The van der Waals surface area contributed by atoms with Crippen LogP contribution in [0.3, 0.4) is 0 Å². The van der Waals surface area contributed by atoms with Gasteiger partial charge in [0.2, 0.25) is 0 Å². The normalized spacial score (nSPS) is 10.5. The second-order valence-electron chi connectivity index (χ2n) is 2.83. The Balaban J connectivity index is 2.70. The highest BCUT2D eigenvalue weighted by molar-refractivity contribution is 6.31. The van der Waals surface area contributed by atoms with Crippen LogP contribution in [-0.4, -0.2) is 11.3 Å². The van der Waals surface area contributed by atoms with E-state index in [0.717, 1.165) is 22.8 Å². The van der Waals surface area contributed by atoms with Crippen LogP contribution in [0.25, 0.3) is 10.9 Å². The number of aromatic nitrogens is 1. The summed E-state index contributed by atoms with van der Waals surface area (Å²) in [5, 5.41) is 1.59. The Kier molecular flexibility index (Phi) is 2.07. The predicted octanol–water partition coefficient (Wildman–Crippen LogP) is 2.56. The molecule has 13 heavy (non-hydrogen) atoms. The maximum absolute atomic E-state index is 10.4. The minimum absolute atomic E-state index is 0.364. The molecule has 2 rings (SSSR count). The molecule has 1 aromatic heterocycles. The van der Waals surface area contributed by atoms with Gasteiger partial charge >= 0.3 is 0 Å². The van der Waals surface area contributed by atoms with Crippen molar-refractivity contribution in [3.8, 4) is 0 Å². The molecule has 0 spiro atoms. The number of para-hydroxylation sites is 1. The van der Waals surface area contributed by atoms with Crippen molar-refractivity contribution in [3.63, 3.8) is 0 Å². The number of nitrogens with one attached hydrogen (secondary N) is 1. The molecule has 2 nitrogen and oxygen atoms in total. The van der Waals surface area contributed by atoms with Gasteiger partial charge in [0.25, 0.3) is 0 Å². The molecule has 0 amide bonds. The molecule has 0 saturated heterocycles. The van der Waals surface area contributed by atoms with Gasteiger partial charge in [0.1, 0.15) is 11.4 Å². The highest BCUT2D eigenvalue weighted by Crippen LogP contribution is 2.25. The second kappa shape index (κ2) is 3.23. The van der Waals surface area contributed by atoms with Crippen molar-refractivity contribution >= 4 is 28.8 Å². The molecule has 1 heterocycles. The number of carbonyl (C=O) groups excluding carboxylic acids is 1. The average molecular weight is 194 g/mol. The average Bonchev–Trinajstić information content (AvgIpc) is 2.44. The zero-order chi connectivity index (χ0) is 9.26. The van der Waals surface area contributed by atoms with Gasteiger partial charge in [-0.2, -0.15) is 0 Å². The van der Waals surface area contributed by atoms with Crippen molar-refractivity contribution in [2.75, 3.05) is 0 Å². The summed E-state index contributed by atoms with van der Waals surface area (Å²) in [6.07, 6.45) is 1.23. The molecule has 0 aliphatic rings. The Bertz CT molecular complexity index is 447. The standard InChI is InChI=1S/C10H8ClNO/c11-10-8(5-6-13)7-3-1-2-4-9(7)12-10/h1-4,6,12H,5H2. The van der Waals surface area contributed by atoms with Gasteiger partial charge in [-0.05, 0) is 6.07 Å². The summed E-state index contributed by atoms with van der Waals surface area (Å²) in [4.78, 5) is 13.4. The molecule has 0 unspecified atom stereocenters. The van der Waals surface area contributed by atoms with E-state index in [0.29, 0.717) is 11.6 Å². The molecular formula is C10H8ClNO. The lowest BCUT2D eigenvalue weighted by Crippen LogP contribution is -1.83. The van der Waals surface area contributed by atoms with Crippen LogP contribution in [0.1, 0.15) is 5.56 Å². The molecular weight excluding hydrogens is 186 g/mol. The summed E-state index contributed by atoms with van der Waals surface area (Å²) in [6.45, 7) is 0. The third kappa shape index (κ3) is 1.33. The first-order chi connectivity index (χ1) is 6.33. The summed E-state index contributed by atoms with van der Waals surface area (Å²) >= 11 is 5.93.